The lowest BCUT2D eigenvalue weighted by Gasteiger charge is -2.18. The van der Waals surface area contributed by atoms with Gasteiger partial charge in [0, 0.05) is 48.2 Å². The molecule has 1 fully saturated rings. The lowest BCUT2D eigenvalue weighted by Crippen LogP contribution is -2.40. The van der Waals surface area contributed by atoms with Crippen molar-refractivity contribution in [3.8, 4) is 11.3 Å². The number of carbonyl (C=O) groups excluding carboxylic acids is 1. The third-order valence-electron chi connectivity index (χ3n) is 4.76. The Hall–Kier alpha value is -3.13. The fourth-order valence-corrected chi connectivity index (χ4v) is 3.88. The van der Waals surface area contributed by atoms with Gasteiger partial charge in [-0.1, -0.05) is 12.1 Å². The van der Waals surface area contributed by atoms with Crippen LogP contribution in [0.15, 0.2) is 66.0 Å². The minimum absolute atomic E-state index is 0.0436. The van der Waals surface area contributed by atoms with Gasteiger partial charge >= 0.3 is 6.03 Å². The molecule has 0 spiro atoms. The van der Waals surface area contributed by atoms with E-state index in [0.29, 0.717) is 12.5 Å². The number of pyridine rings is 1. The van der Waals surface area contributed by atoms with E-state index in [0.717, 1.165) is 34.8 Å². The number of hydrogen-bond donors (Lipinski definition) is 2. The Morgan fingerprint density at radius 1 is 1.17 bits per heavy atom. The average Bonchev–Trinajstić information content (AvgIpc) is 3.23. The van der Waals surface area contributed by atoms with E-state index in [1.54, 1.807) is 30.4 Å². The highest BCUT2D eigenvalue weighted by Gasteiger charge is 2.26. The van der Waals surface area contributed by atoms with E-state index in [4.69, 9.17) is 0 Å². The number of para-hydroxylation sites is 1. The molecule has 4 rings (SSSR count). The molecule has 1 aliphatic rings. The molecular weight excluding hydrogens is 384 g/mol. The quantitative estimate of drug-likeness (QED) is 0.629. The molecule has 0 saturated carbocycles. The third kappa shape index (κ3) is 4.65. The molecule has 7 nitrogen and oxygen atoms in total. The number of carbonyl (C=O) groups is 1. The predicted octanol–water partition coefficient (Wildman–Crippen LogP) is 3.66. The van der Waals surface area contributed by atoms with E-state index in [1.807, 2.05) is 48.7 Å². The second-order valence-corrected chi connectivity index (χ2v) is 7.56. The smallest absolute Gasteiger partial charge is 0.319 e. The number of aromatic nitrogens is 3. The number of rotatable bonds is 5. The molecule has 1 unspecified atom stereocenters. The molecular formula is C21H22N6OS. The minimum Gasteiger partial charge on any atom is -0.339 e. The van der Waals surface area contributed by atoms with Crippen LogP contribution in [0.1, 0.15) is 6.42 Å². The molecule has 1 aromatic carbocycles. The molecule has 1 saturated heterocycles. The lowest BCUT2D eigenvalue weighted by atomic mass is 10.2. The lowest BCUT2D eigenvalue weighted by molar-refractivity contribution is 0.249. The number of urea groups is 1. The molecule has 0 radical (unpaired) electrons. The third-order valence-corrected chi connectivity index (χ3v) is 5.56. The highest BCUT2D eigenvalue weighted by atomic mass is 32.2. The van der Waals surface area contributed by atoms with Crippen LogP contribution in [0.3, 0.4) is 0 Å². The summed E-state index contributed by atoms with van der Waals surface area (Å²) >= 11 is 1.61. The number of nitrogens with one attached hydrogen (secondary N) is 2. The van der Waals surface area contributed by atoms with Crippen molar-refractivity contribution in [1.82, 2.24) is 20.3 Å². The van der Waals surface area contributed by atoms with Crippen molar-refractivity contribution < 1.29 is 4.79 Å². The van der Waals surface area contributed by atoms with Gasteiger partial charge in [0.15, 0.2) is 0 Å². The van der Waals surface area contributed by atoms with Gasteiger partial charge in [0.2, 0.25) is 5.95 Å². The molecule has 8 heteroatoms. The van der Waals surface area contributed by atoms with E-state index in [1.165, 1.54) is 0 Å². The highest BCUT2D eigenvalue weighted by molar-refractivity contribution is 7.98. The summed E-state index contributed by atoms with van der Waals surface area (Å²) in [6.45, 7) is 1.47. The van der Waals surface area contributed by atoms with Gasteiger partial charge in [0.25, 0.3) is 0 Å². The van der Waals surface area contributed by atoms with Crippen LogP contribution in [0.25, 0.3) is 11.3 Å². The molecule has 0 aliphatic carbocycles. The standard InChI is InChI=1S/C21H22N6OS/c1-29-19-7-3-2-6-18(19)26-21(28)24-16-9-12-27(14-16)20-23-11-8-17(25-20)15-5-4-10-22-13-15/h2-8,10-11,13,16H,9,12,14H2,1H3,(H2,24,26,28). The summed E-state index contributed by atoms with van der Waals surface area (Å²) in [6, 6.07) is 13.4. The zero-order valence-electron chi connectivity index (χ0n) is 16.1. The molecule has 2 aromatic heterocycles. The molecule has 1 atom stereocenters. The Morgan fingerprint density at radius 3 is 2.90 bits per heavy atom. The van der Waals surface area contributed by atoms with Crippen molar-refractivity contribution in [2.24, 2.45) is 0 Å². The number of thioether (sulfide) groups is 1. The van der Waals surface area contributed by atoms with Crippen LogP contribution in [0.5, 0.6) is 0 Å². The minimum atomic E-state index is -0.191. The first-order valence-electron chi connectivity index (χ1n) is 9.42. The van der Waals surface area contributed by atoms with Crippen molar-refractivity contribution >= 4 is 29.4 Å². The zero-order chi connectivity index (χ0) is 20.1. The first-order chi connectivity index (χ1) is 14.2. The first-order valence-corrected chi connectivity index (χ1v) is 10.6. The van der Waals surface area contributed by atoms with Crippen LogP contribution in [-0.4, -0.2) is 46.4 Å². The maximum absolute atomic E-state index is 12.4. The molecule has 3 aromatic rings. The number of amides is 2. The number of hydrogen-bond acceptors (Lipinski definition) is 6. The number of nitrogens with zero attached hydrogens (tertiary/aromatic N) is 4. The summed E-state index contributed by atoms with van der Waals surface area (Å²) in [6.07, 6.45) is 8.13. The van der Waals surface area contributed by atoms with Crippen molar-refractivity contribution in [2.75, 3.05) is 29.6 Å². The Morgan fingerprint density at radius 2 is 2.07 bits per heavy atom. The Bertz CT molecular complexity index is 984. The van der Waals surface area contributed by atoms with Gasteiger partial charge in [-0.2, -0.15) is 0 Å². The first kappa shape index (κ1) is 19.2. The molecule has 0 bridgehead atoms. The Kier molecular flexibility index (Phi) is 5.90. The number of anilines is 2. The molecule has 1 aliphatic heterocycles. The van der Waals surface area contributed by atoms with Crippen molar-refractivity contribution in [2.45, 2.75) is 17.4 Å². The summed E-state index contributed by atoms with van der Waals surface area (Å²) in [7, 11) is 0. The monoisotopic (exact) mass is 406 g/mol. The summed E-state index contributed by atoms with van der Waals surface area (Å²) in [5.41, 5.74) is 2.61. The largest absolute Gasteiger partial charge is 0.339 e. The van der Waals surface area contributed by atoms with E-state index >= 15 is 0 Å². The summed E-state index contributed by atoms with van der Waals surface area (Å²) in [5.74, 6) is 0.670. The van der Waals surface area contributed by atoms with Crippen molar-refractivity contribution in [1.29, 1.82) is 0 Å². The van der Waals surface area contributed by atoms with E-state index in [9.17, 15) is 4.79 Å². The second-order valence-electron chi connectivity index (χ2n) is 6.71. The summed E-state index contributed by atoms with van der Waals surface area (Å²) in [5, 5.41) is 6.00. The Labute approximate surface area is 174 Å². The highest BCUT2D eigenvalue weighted by Crippen LogP contribution is 2.25. The summed E-state index contributed by atoms with van der Waals surface area (Å²) in [4.78, 5) is 28.8. The predicted molar refractivity (Wildman–Crippen MR) is 116 cm³/mol. The number of benzene rings is 1. The SMILES string of the molecule is CSc1ccccc1NC(=O)NC1CCN(c2nccc(-c3cccnc3)n2)C1. The van der Waals surface area contributed by atoms with Gasteiger partial charge < -0.3 is 15.5 Å². The normalized spacial score (nSPS) is 15.9. The van der Waals surface area contributed by atoms with Crippen LogP contribution in [0.4, 0.5) is 16.4 Å². The maximum atomic E-state index is 12.4. The van der Waals surface area contributed by atoms with Crippen LogP contribution < -0.4 is 15.5 Å². The molecule has 148 valence electrons. The van der Waals surface area contributed by atoms with E-state index in [-0.39, 0.29) is 12.1 Å². The molecule has 3 heterocycles. The van der Waals surface area contributed by atoms with Crippen molar-refractivity contribution in [3.05, 3.63) is 61.1 Å². The van der Waals surface area contributed by atoms with E-state index < -0.39 is 0 Å². The topological polar surface area (TPSA) is 83.0 Å². The molecule has 2 N–H and O–H groups in total. The molecule has 29 heavy (non-hydrogen) atoms. The fourth-order valence-electron chi connectivity index (χ4n) is 3.33. The van der Waals surface area contributed by atoms with Crippen molar-refractivity contribution in [3.63, 3.8) is 0 Å². The fraction of sp³-hybridized carbons (Fsp3) is 0.238. The van der Waals surface area contributed by atoms with Gasteiger partial charge in [-0.25, -0.2) is 14.8 Å². The van der Waals surface area contributed by atoms with Gasteiger partial charge in [0.1, 0.15) is 0 Å². The van der Waals surface area contributed by atoms with Gasteiger partial charge in [-0.15, -0.1) is 11.8 Å². The average molecular weight is 407 g/mol. The zero-order valence-corrected chi connectivity index (χ0v) is 16.9. The Balaban J connectivity index is 1.38. The van der Waals surface area contributed by atoms with Gasteiger partial charge in [-0.05, 0) is 43.0 Å². The van der Waals surface area contributed by atoms with Gasteiger partial charge in [-0.3, -0.25) is 4.98 Å². The van der Waals surface area contributed by atoms with Crippen LogP contribution in [0, 0.1) is 0 Å². The van der Waals surface area contributed by atoms with Crippen LogP contribution in [0.2, 0.25) is 0 Å². The van der Waals surface area contributed by atoms with E-state index in [2.05, 4.69) is 30.5 Å². The maximum Gasteiger partial charge on any atom is 0.319 e. The summed E-state index contributed by atoms with van der Waals surface area (Å²) < 4.78 is 0. The van der Waals surface area contributed by atoms with Gasteiger partial charge in [0.05, 0.1) is 11.4 Å². The van der Waals surface area contributed by atoms with Crippen LogP contribution in [-0.2, 0) is 0 Å². The second kappa shape index (κ2) is 8.91. The molecule has 2 amide bonds. The van der Waals surface area contributed by atoms with Crippen LogP contribution >= 0.6 is 11.8 Å².